The third-order valence-electron chi connectivity index (χ3n) is 3.26. The van der Waals surface area contributed by atoms with Crippen molar-refractivity contribution in [1.29, 1.82) is 0 Å². The number of hydrogen-bond donors (Lipinski definition) is 1. The van der Waals surface area contributed by atoms with Crippen molar-refractivity contribution in [3.63, 3.8) is 0 Å². The molecule has 0 saturated carbocycles. The molecular weight excluding hydrogens is 210 g/mol. The molecule has 0 aromatic heterocycles. The standard InChI is InChI=1S/C14H23N3/c1-12-5-4-6-13(9-12)17-8-7-15-10-14(17)11-16(2)3/h4-6,9,14-15H,7-8,10-11H2,1-3H3. The molecule has 0 spiro atoms. The van der Waals surface area contributed by atoms with E-state index in [-0.39, 0.29) is 0 Å². The summed E-state index contributed by atoms with van der Waals surface area (Å²) in [6.45, 7) is 6.51. The van der Waals surface area contributed by atoms with E-state index in [0.717, 1.165) is 26.2 Å². The highest BCUT2D eigenvalue weighted by Crippen LogP contribution is 2.19. The summed E-state index contributed by atoms with van der Waals surface area (Å²) in [5.41, 5.74) is 2.70. The molecule has 0 bridgehead atoms. The second-order valence-electron chi connectivity index (χ2n) is 5.15. The topological polar surface area (TPSA) is 18.5 Å². The molecule has 1 saturated heterocycles. The van der Waals surface area contributed by atoms with Gasteiger partial charge in [0.1, 0.15) is 0 Å². The second kappa shape index (κ2) is 5.52. The Morgan fingerprint density at radius 2 is 2.24 bits per heavy atom. The van der Waals surface area contributed by atoms with Crippen molar-refractivity contribution < 1.29 is 0 Å². The number of piperazine rings is 1. The number of nitrogens with one attached hydrogen (secondary N) is 1. The van der Waals surface area contributed by atoms with Gasteiger partial charge >= 0.3 is 0 Å². The lowest BCUT2D eigenvalue weighted by atomic mass is 10.1. The van der Waals surface area contributed by atoms with E-state index in [2.05, 4.69) is 60.4 Å². The van der Waals surface area contributed by atoms with Crippen LogP contribution in [0.3, 0.4) is 0 Å². The van der Waals surface area contributed by atoms with E-state index in [9.17, 15) is 0 Å². The van der Waals surface area contributed by atoms with Gasteiger partial charge in [-0.05, 0) is 38.7 Å². The van der Waals surface area contributed by atoms with Gasteiger partial charge in [0.15, 0.2) is 0 Å². The minimum Gasteiger partial charge on any atom is -0.365 e. The van der Waals surface area contributed by atoms with Crippen LogP contribution >= 0.6 is 0 Å². The Balaban J connectivity index is 2.15. The van der Waals surface area contributed by atoms with Crippen LogP contribution in [0.5, 0.6) is 0 Å². The molecule has 1 aliphatic rings. The van der Waals surface area contributed by atoms with Gasteiger partial charge in [-0.25, -0.2) is 0 Å². The van der Waals surface area contributed by atoms with Gasteiger partial charge in [-0.1, -0.05) is 12.1 Å². The summed E-state index contributed by atoms with van der Waals surface area (Å²) in [4.78, 5) is 4.80. The van der Waals surface area contributed by atoms with Gasteiger partial charge in [0.25, 0.3) is 0 Å². The maximum absolute atomic E-state index is 3.49. The number of benzene rings is 1. The molecular formula is C14H23N3. The number of nitrogens with zero attached hydrogens (tertiary/aromatic N) is 2. The zero-order valence-corrected chi connectivity index (χ0v) is 11.1. The Bertz CT molecular complexity index is 362. The minimum atomic E-state index is 0.570. The van der Waals surface area contributed by atoms with Crippen LogP contribution in [0.4, 0.5) is 5.69 Å². The first-order valence-electron chi connectivity index (χ1n) is 6.35. The van der Waals surface area contributed by atoms with Gasteiger partial charge in [-0.3, -0.25) is 0 Å². The third kappa shape index (κ3) is 3.20. The SMILES string of the molecule is Cc1cccc(N2CCNCC2CN(C)C)c1. The van der Waals surface area contributed by atoms with Crippen molar-refractivity contribution in [2.24, 2.45) is 0 Å². The van der Waals surface area contributed by atoms with Gasteiger partial charge in [0, 0.05) is 31.9 Å². The average molecular weight is 233 g/mol. The highest BCUT2D eigenvalue weighted by molar-refractivity contribution is 5.50. The lowest BCUT2D eigenvalue weighted by molar-refractivity contribution is 0.337. The minimum absolute atomic E-state index is 0.570. The van der Waals surface area contributed by atoms with Crippen molar-refractivity contribution in [2.75, 3.05) is 45.2 Å². The first kappa shape index (κ1) is 12.4. The molecule has 1 N–H and O–H groups in total. The van der Waals surface area contributed by atoms with Crippen LogP contribution in [-0.2, 0) is 0 Å². The highest BCUT2D eigenvalue weighted by Gasteiger charge is 2.22. The Labute approximate surface area is 104 Å². The molecule has 0 radical (unpaired) electrons. The summed E-state index contributed by atoms with van der Waals surface area (Å²) in [6, 6.07) is 9.39. The Morgan fingerprint density at radius 1 is 1.41 bits per heavy atom. The molecule has 1 heterocycles. The second-order valence-corrected chi connectivity index (χ2v) is 5.15. The van der Waals surface area contributed by atoms with Crippen molar-refractivity contribution in [3.8, 4) is 0 Å². The molecule has 1 unspecified atom stereocenters. The van der Waals surface area contributed by atoms with Crippen molar-refractivity contribution in [1.82, 2.24) is 10.2 Å². The van der Waals surface area contributed by atoms with Crippen LogP contribution in [0.2, 0.25) is 0 Å². The van der Waals surface area contributed by atoms with Crippen LogP contribution < -0.4 is 10.2 Å². The largest absolute Gasteiger partial charge is 0.365 e. The molecule has 3 nitrogen and oxygen atoms in total. The number of anilines is 1. The van der Waals surface area contributed by atoms with Crippen molar-refractivity contribution in [3.05, 3.63) is 29.8 Å². The molecule has 17 heavy (non-hydrogen) atoms. The van der Waals surface area contributed by atoms with Gasteiger partial charge in [-0.2, -0.15) is 0 Å². The molecule has 94 valence electrons. The van der Waals surface area contributed by atoms with Gasteiger partial charge in [-0.15, -0.1) is 0 Å². The van der Waals surface area contributed by atoms with Crippen LogP contribution in [0.1, 0.15) is 5.56 Å². The molecule has 1 aromatic rings. The van der Waals surface area contributed by atoms with E-state index < -0.39 is 0 Å². The third-order valence-corrected chi connectivity index (χ3v) is 3.26. The monoisotopic (exact) mass is 233 g/mol. The summed E-state index contributed by atoms with van der Waals surface area (Å²) >= 11 is 0. The van der Waals surface area contributed by atoms with Crippen molar-refractivity contribution in [2.45, 2.75) is 13.0 Å². The van der Waals surface area contributed by atoms with E-state index in [1.165, 1.54) is 11.3 Å². The summed E-state index contributed by atoms with van der Waals surface area (Å²) in [5.74, 6) is 0. The van der Waals surface area contributed by atoms with Crippen LogP contribution in [0, 0.1) is 6.92 Å². The maximum Gasteiger partial charge on any atom is 0.0541 e. The number of likely N-dealkylation sites (N-methyl/N-ethyl adjacent to an activating group) is 1. The smallest absolute Gasteiger partial charge is 0.0541 e. The number of rotatable bonds is 3. The molecule has 2 rings (SSSR count). The fourth-order valence-corrected chi connectivity index (χ4v) is 2.49. The maximum atomic E-state index is 3.49. The van der Waals surface area contributed by atoms with E-state index in [4.69, 9.17) is 0 Å². The van der Waals surface area contributed by atoms with Crippen LogP contribution in [0.25, 0.3) is 0 Å². The lowest BCUT2D eigenvalue weighted by Crippen LogP contribution is -2.55. The first-order chi connectivity index (χ1) is 8.16. The average Bonchev–Trinajstić information content (AvgIpc) is 2.29. The fraction of sp³-hybridized carbons (Fsp3) is 0.571. The first-order valence-corrected chi connectivity index (χ1v) is 6.35. The molecule has 1 atom stereocenters. The Kier molecular flexibility index (Phi) is 4.02. The molecule has 0 aliphatic carbocycles. The molecule has 3 heteroatoms. The molecule has 1 fully saturated rings. The fourth-order valence-electron chi connectivity index (χ4n) is 2.49. The Morgan fingerprint density at radius 3 is 2.94 bits per heavy atom. The van der Waals surface area contributed by atoms with E-state index >= 15 is 0 Å². The zero-order valence-electron chi connectivity index (χ0n) is 11.1. The van der Waals surface area contributed by atoms with Crippen LogP contribution in [0.15, 0.2) is 24.3 Å². The number of hydrogen-bond acceptors (Lipinski definition) is 3. The number of aryl methyl sites for hydroxylation is 1. The quantitative estimate of drug-likeness (QED) is 0.850. The molecule has 0 amide bonds. The predicted octanol–water partition coefficient (Wildman–Crippen LogP) is 1.33. The summed E-state index contributed by atoms with van der Waals surface area (Å²) in [5, 5.41) is 3.49. The Hall–Kier alpha value is -1.06. The predicted molar refractivity (Wildman–Crippen MR) is 73.7 cm³/mol. The van der Waals surface area contributed by atoms with Crippen LogP contribution in [-0.4, -0.2) is 51.2 Å². The van der Waals surface area contributed by atoms with Gasteiger partial charge in [0.05, 0.1) is 6.04 Å². The zero-order chi connectivity index (χ0) is 12.3. The van der Waals surface area contributed by atoms with Crippen molar-refractivity contribution >= 4 is 5.69 Å². The van der Waals surface area contributed by atoms with E-state index in [0.29, 0.717) is 6.04 Å². The summed E-state index contributed by atoms with van der Waals surface area (Å²) < 4.78 is 0. The molecule has 1 aromatic carbocycles. The summed E-state index contributed by atoms with van der Waals surface area (Å²) in [7, 11) is 4.28. The lowest BCUT2D eigenvalue weighted by Gasteiger charge is -2.39. The highest BCUT2D eigenvalue weighted by atomic mass is 15.3. The normalized spacial score (nSPS) is 20.9. The van der Waals surface area contributed by atoms with Gasteiger partial charge < -0.3 is 15.1 Å². The summed E-state index contributed by atoms with van der Waals surface area (Å²) in [6.07, 6.45) is 0. The van der Waals surface area contributed by atoms with Gasteiger partial charge in [0.2, 0.25) is 0 Å². The van der Waals surface area contributed by atoms with E-state index in [1.54, 1.807) is 0 Å². The molecule has 1 aliphatic heterocycles. The van der Waals surface area contributed by atoms with E-state index in [1.807, 2.05) is 0 Å².